The Kier molecular flexibility index (Phi) is 6.92. The van der Waals surface area contributed by atoms with Crippen molar-refractivity contribution in [1.29, 1.82) is 0 Å². The topological polar surface area (TPSA) is 82.9 Å². The second kappa shape index (κ2) is 10.2. The van der Waals surface area contributed by atoms with Crippen molar-refractivity contribution in [3.8, 4) is 0 Å². The zero-order valence-electron chi connectivity index (χ0n) is 19.3. The number of benzene rings is 2. The number of carbonyl (C=O) groups is 3. The maximum absolute atomic E-state index is 13.4. The van der Waals surface area contributed by atoms with Crippen LogP contribution in [0.15, 0.2) is 76.7 Å². The van der Waals surface area contributed by atoms with Crippen LogP contribution < -0.4 is 10.2 Å². The third-order valence-electron chi connectivity index (χ3n) is 5.76. The zero-order chi connectivity index (χ0) is 24.1. The number of amides is 2. The van der Waals surface area contributed by atoms with Crippen LogP contribution >= 0.6 is 0 Å². The number of aryl methyl sites for hydroxylation is 1. The van der Waals surface area contributed by atoms with Gasteiger partial charge in [0.05, 0.1) is 0 Å². The largest absolute Gasteiger partial charge is 0.462 e. The van der Waals surface area contributed by atoms with Gasteiger partial charge in [0.2, 0.25) is 0 Å². The van der Waals surface area contributed by atoms with Gasteiger partial charge in [-0.05, 0) is 68.5 Å². The van der Waals surface area contributed by atoms with Crippen molar-refractivity contribution in [1.82, 2.24) is 4.90 Å². The van der Waals surface area contributed by atoms with Crippen LogP contribution in [0, 0.1) is 6.92 Å². The summed E-state index contributed by atoms with van der Waals surface area (Å²) < 4.78 is 5.59. The summed E-state index contributed by atoms with van der Waals surface area (Å²) in [5.41, 5.74) is 2.31. The summed E-state index contributed by atoms with van der Waals surface area (Å²) in [6.07, 6.45) is 1.50. The first-order chi connectivity index (χ1) is 16.4. The lowest BCUT2D eigenvalue weighted by Gasteiger charge is -2.36. The van der Waals surface area contributed by atoms with Gasteiger partial charge < -0.3 is 19.5 Å². The average Bonchev–Trinajstić information content (AvgIpc) is 3.27. The lowest BCUT2D eigenvalue weighted by atomic mass is 10.1. The summed E-state index contributed by atoms with van der Waals surface area (Å²) in [6, 6.07) is 20.0. The molecule has 0 spiro atoms. The van der Waals surface area contributed by atoms with Gasteiger partial charge in [0.1, 0.15) is 17.1 Å². The number of carbonyl (C=O) groups excluding carboxylic acids is 3. The highest BCUT2D eigenvalue weighted by Gasteiger charge is 2.28. The third-order valence-corrected chi connectivity index (χ3v) is 5.76. The van der Waals surface area contributed by atoms with Crippen molar-refractivity contribution in [2.75, 3.05) is 36.4 Å². The van der Waals surface area contributed by atoms with Gasteiger partial charge >= 0.3 is 0 Å². The molecule has 0 saturated carbocycles. The van der Waals surface area contributed by atoms with Crippen molar-refractivity contribution >= 4 is 35.0 Å². The van der Waals surface area contributed by atoms with Crippen LogP contribution in [0.4, 0.5) is 11.4 Å². The van der Waals surface area contributed by atoms with Gasteiger partial charge in [0, 0.05) is 43.1 Å². The monoisotopic (exact) mass is 457 g/mol. The van der Waals surface area contributed by atoms with E-state index < -0.39 is 5.91 Å². The van der Waals surface area contributed by atoms with Crippen LogP contribution in [0.2, 0.25) is 0 Å². The highest BCUT2D eigenvalue weighted by atomic mass is 16.3. The molecule has 0 unspecified atom stereocenters. The minimum Gasteiger partial charge on any atom is -0.462 e. The Labute approximate surface area is 198 Å². The summed E-state index contributed by atoms with van der Waals surface area (Å²) >= 11 is 0. The maximum Gasteiger partial charge on any atom is 0.261 e. The molecule has 1 aliphatic heterocycles. The van der Waals surface area contributed by atoms with E-state index in [-0.39, 0.29) is 17.3 Å². The number of para-hydroxylation sites is 1. The maximum atomic E-state index is 13.4. The number of hydrogen-bond acceptors (Lipinski definition) is 5. The molecule has 1 fully saturated rings. The number of nitrogens with one attached hydrogen (secondary N) is 1. The predicted octanol–water partition coefficient (Wildman–Crippen LogP) is 4.16. The molecule has 1 aliphatic rings. The molecule has 1 N–H and O–H groups in total. The van der Waals surface area contributed by atoms with Crippen LogP contribution in [0.3, 0.4) is 0 Å². The lowest BCUT2D eigenvalue weighted by molar-refractivity contribution is -0.129. The van der Waals surface area contributed by atoms with Crippen molar-refractivity contribution in [2.24, 2.45) is 0 Å². The van der Waals surface area contributed by atoms with E-state index in [2.05, 4.69) is 10.2 Å². The Hall–Kier alpha value is -4.13. The fraction of sp³-hybridized carbons (Fsp3) is 0.222. The molecular weight excluding hydrogens is 430 g/mol. The first-order valence-electron chi connectivity index (χ1n) is 11.2. The highest BCUT2D eigenvalue weighted by Crippen LogP contribution is 2.20. The van der Waals surface area contributed by atoms with Gasteiger partial charge in [0.15, 0.2) is 5.78 Å². The van der Waals surface area contributed by atoms with E-state index in [4.69, 9.17) is 4.42 Å². The number of hydrogen-bond donors (Lipinski definition) is 1. The average molecular weight is 458 g/mol. The Bertz CT molecular complexity index is 1200. The molecule has 0 bridgehead atoms. The highest BCUT2D eigenvalue weighted by molar-refractivity contribution is 6.25. The Morgan fingerprint density at radius 3 is 2.15 bits per heavy atom. The second-order valence-electron chi connectivity index (χ2n) is 8.21. The molecule has 0 radical (unpaired) electrons. The molecule has 0 atom stereocenters. The quantitative estimate of drug-likeness (QED) is 0.260. The van der Waals surface area contributed by atoms with Gasteiger partial charge in [0.25, 0.3) is 11.8 Å². The predicted molar refractivity (Wildman–Crippen MR) is 132 cm³/mol. The first kappa shape index (κ1) is 23.0. The number of anilines is 2. The molecule has 1 aromatic heterocycles. The number of furan rings is 1. The van der Waals surface area contributed by atoms with Crippen LogP contribution in [-0.4, -0.2) is 48.7 Å². The molecule has 0 aliphatic carbocycles. The summed E-state index contributed by atoms with van der Waals surface area (Å²) in [4.78, 5) is 41.8. The molecule has 4 rings (SSSR count). The lowest BCUT2D eigenvalue weighted by Crippen LogP contribution is -2.50. The SMILES string of the molecule is CC(=O)c1ccc(N2CCN(C(=O)/C(=C\c3ccc(C)o3)C(=O)Nc3ccccc3)CC2)cc1. The van der Waals surface area contributed by atoms with Crippen LogP contribution in [-0.2, 0) is 9.59 Å². The van der Waals surface area contributed by atoms with Crippen molar-refractivity contribution in [2.45, 2.75) is 13.8 Å². The number of Topliss-reactive ketones (excluding diaryl/α,β-unsaturated/α-hetero) is 1. The standard InChI is InChI=1S/C27H27N3O4/c1-19-8-13-24(34-19)18-25(26(32)28-22-6-4-3-5-7-22)27(33)30-16-14-29(15-17-30)23-11-9-21(10-12-23)20(2)31/h3-13,18H,14-17H2,1-2H3,(H,28,32)/b25-18-. The molecule has 7 heteroatoms. The normalized spacial score (nSPS) is 14.1. The minimum absolute atomic E-state index is 0.0254. The molecular formula is C27H27N3O4. The van der Waals surface area contributed by atoms with Crippen molar-refractivity contribution < 1.29 is 18.8 Å². The molecule has 1 saturated heterocycles. The fourth-order valence-electron chi connectivity index (χ4n) is 3.86. The van der Waals surface area contributed by atoms with Crippen molar-refractivity contribution in [3.05, 3.63) is 89.4 Å². The van der Waals surface area contributed by atoms with E-state index in [0.29, 0.717) is 49.0 Å². The molecule has 7 nitrogen and oxygen atoms in total. The minimum atomic E-state index is -0.479. The second-order valence-corrected chi connectivity index (χ2v) is 8.21. The van der Waals surface area contributed by atoms with E-state index in [1.54, 1.807) is 36.1 Å². The van der Waals surface area contributed by atoms with E-state index in [0.717, 1.165) is 5.69 Å². The van der Waals surface area contributed by atoms with Gasteiger partial charge in [-0.1, -0.05) is 18.2 Å². The molecule has 34 heavy (non-hydrogen) atoms. The summed E-state index contributed by atoms with van der Waals surface area (Å²) in [7, 11) is 0. The summed E-state index contributed by atoms with van der Waals surface area (Å²) in [6.45, 7) is 5.55. The summed E-state index contributed by atoms with van der Waals surface area (Å²) in [5.74, 6) is 0.363. The Balaban J connectivity index is 1.48. The van der Waals surface area contributed by atoms with Crippen LogP contribution in [0.25, 0.3) is 6.08 Å². The molecule has 2 aromatic carbocycles. The van der Waals surface area contributed by atoms with E-state index >= 15 is 0 Å². The zero-order valence-corrected chi connectivity index (χ0v) is 19.3. The molecule has 3 aromatic rings. The molecule has 2 amide bonds. The van der Waals surface area contributed by atoms with Gasteiger partial charge in [-0.15, -0.1) is 0 Å². The van der Waals surface area contributed by atoms with Gasteiger partial charge in [-0.2, -0.15) is 0 Å². The van der Waals surface area contributed by atoms with E-state index in [9.17, 15) is 14.4 Å². The van der Waals surface area contributed by atoms with Gasteiger partial charge in [-0.3, -0.25) is 14.4 Å². The molecule has 2 heterocycles. The first-order valence-corrected chi connectivity index (χ1v) is 11.2. The smallest absolute Gasteiger partial charge is 0.261 e. The van der Waals surface area contributed by atoms with E-state index in [1.807, 2.05) is 49.4 Å². The Morgan fingerprint density at radius 2 is 1.56 bits per heavy atom. The Morgan fingerprint density at radius 1 is 0.882 bits per heavy atom. The summed E-state index contributed by atoms with van der Waals surface area (Å²) in [5, 5.41) is 2.80. The van der Waals surface area contributed by atoms with Crippen LogP contribution in [0.1, 0.15) is 28.8 Å². The third kappa shape index (κ3) is 5.43. The van der Waals surface area contributed by atoms with Crippen LogP contribution in [0.5, 0.6) is 0 Å². The van der Waals surface area contributed by atoms with Gasteiger partial charge in [-0.25, -0.2) is 0 Å². The molecule has 174 valence electrons. The number of piperazine rings is 1. The number of rotatable bonds is 6. The fourth-order valence-corrected chi connectivity index (χ4v) is 3.86. The van der Waals surface area contributed by atoms with Crippen molar-refractivity contribution in [3.63, 3.8) is 0 Å². The number of nitrogens with zero attached hydrogens (tertiary/aromatic N) is 2. The number of ketones is 1. The van der Waals surface area contributed by atoms with E-state index in [1.165, 1.54) is 6.08 Å².